The van der Waals surface area contributed by atoms with Crippen LogP contribution in [0.3, 0.4) is 0 Å². The van der Waals surface area contributed by atoms with Crippen molar-refractivity contribution in [3.8, 4) is 51.1 Å². The summed E-state index contributed by atoms with van der Waals surface area (Å²) in [4.78, 5) is 64.0. The molecule has 0 saturated carbocycles. The summed E-state index contributed by atoms with van der Waals surface area (Å²) in [6, 6.07) is 91.1. The number of pyridine rings is 8. The maximum absolute atomic E-state index is 11.8. The van der Waals surface area contributed by atoms with Gasteiger partial charge < -0.3 is 40.7 Å². The Balaban J connectivity index is 0.000000121. The first-order valence-corrected chi connectivity index (χ1v) is 32.8. The molecule has 0 radical (unpaired) electrons. The summed E-state index contributed by atoms with van der Waals surface area (Å²) in [7, 11) is 0. The van der Waals surface area contributed by atoms with E-state index in [2.05, 4.69) is 52.0 Å². The fraction of sp³-hybridized carbons (Fsp3) is 0.0115. The van der Waals surface area contributed by atoms with E-state index in [-0.39, 0.29) is 45.6 Å². The number of para-hydroxylation sites is 4. The summed E-state index contributed by atoms with van der Waals surface area (Å²) in [6.07, 6.45) is 10.1. The number of rotatable bonds is 4. The van der Waals surface area contributed by atoms with Crippen LogP contribution in [0.5, 0.6) is 28.7 Å². The monoisotopic (exact) mass is 1380 g/mol. The topological polar surface area (TPSA) is 299 Å². The Kier molecular flexibility index (Phi) is 23.7. The molecule has 0 spiro atoms. The minimum absolute atomic E-state index is 0.0700. The molecule has 18 nitrogen and oxygen atoms in total. The minimum atomic E-state index is -0.995. The summed E-state index contributed by atoms with van der Waals surface area (Å²) < 4.78 is 0. The van der Waals surface area contributed by atoms with Crippen LogP contribution in [0.1, 0.15) is 26.7 Å². The number of aromatic hydroxyl groups is 5. The predicted octanol–water partition coefficient (Wildman–Crippen LogP) is 18.7. The van der Waals surface area contributed by atoms with Crippen molar-refractivity contribution in [2.45, 2.75) is 6.92 Å². The zero-order valence-corrected chi connectivity index (χ0v) is 56.2. The minimum Gasteiger partial charge on any atom is -0.507 e. The maximum Gasteiger partial charge on any atom is 0.354 e. The third-order valence-electron chi connectivity index (χ3n) is 16.1. The number of benzene rings is 10. The van der Waals surface area contributed by atoms with Crippen LogP contribution >= 0.6 is 0 Å². The Morgan fingerprint density at radius 1 is 0.343 bits per heavy atom. The fourth-order valence-corrected chi connectivity index (χ4v) is 11.0. The first-order chi connectivity index (χ1) is 51.2. The van der Waals surface area contributed by atoms with Crippen molar-refractivity contribution in [1.29, 1.82) is 0 Å². The van der Waals surface area contributed by atoms with Gasteiger partial charge in [0.15, 0.2) is 5.43 Å². The first-order valence-electron chi connectivity index (χ1n) is 32.8. The Bertz CT molecular complexity index is 6020. The number of carboxylic acid groups (broad SMARTS) is 2. The van der Waals surface area contributed by atoms with E-state index >= 15 is 0 Å². The summed E-state index contributed by atoms with van der Waals surface area (Å²) in [6.45, 7) is 1.91. The lowest BCUT2D eigenvalue weighted by Crippen LogP contribution is -1.99. The molecule has 0 bridgehead atoms. The Morgan fingerprint density at radius 3 is 1.59 bits per heavy atom. The van der Waals surface area contributed by atoms with Crippen LogP contribution in [0.25, 0.3) is 109 Å². The largest absolute Gasteiger partial charge is 0.507 e. The van der Waals surface area contributed by atoms with Gasteiger partial charge in [-0.05, 0) is 149 Å². The molecular formula is C87H66N8O10. The average Bonchev–Trinajstić information content (AvgIpc) is 0.791. The SMILES string of the molecule is Cc1ccc2cccc(O)c2n1.O=C(O)c1ccc2ccccc2n1.O=C(O)c1ccccn1.O=c1cccc2ccc3ccc[nH]c3c12.Oc1c2ccccc2cc2cccnc12.Oc1ccc(-c2ccccc2)c2cccnc12.Oc1cccc2cccnc12.Oc1ccccc1-c1ccccn1. The van der Waals surface area contributed by atoms with Gasteiger partial charge in [0.25, 0.3) is 0 Å². The van der Waals surface area contributed by atoms with E-state index in [4.69, 9.17) is 10.2 Å². The second kappa shape index (κ2) is 34.8. The number of carboxylic acids is 2. The van der Waals surface area contributed by atoms with Crippen LogP contribution < -0.4 is 5.43 Å². The fourth-order valence-electron chi connectivity index (χ4n) is 11.0. The highest BCUT2D eigenvalue weighted by molar-refractivity contribution is 6.05. The van der Waals surface area contributed by atoms with Gasteiger partial charge in [-0.3, -0.25) is 24.7 Å². The molecule has 10 aromatic carbocycles. The highest BCUT2D eigenvalue weighted by Crippen LogP contribution is 2.34. The van der Waals surface area contributed by atoms with Crippen molar-refractivity contribution in [3.63, 3.8) is 0 Å². The molecule has 18 aromatic rings. The van der Waals surface area contributed by atoms with E-state index in [1.807, 2.05) is 213 Å². The van der Waals surface area contributed by atoms with Crippen molar-refractivity contribution in [2.75, 3.05) is 0 Å². The van der Waals surface area contributed by atoms with E-state index < -0.39 is 11.9 Å². The average molecular weight is 1380 g/mol. The number of hydrogen-bond acceptors (Lipinski definition) is 15. The molecule has 105 heavy (non-hydrogen) atoms. The van der Waals surface area contributed by atoms with Crippen LogP contribution in [0.15, 0.2) is 339 Å². The predicted molar refractivity (Wildman–Crippen MR) is 415 cm³/mol. The summed E-state index contributed by atoms with van der Waals surface area (Å²) in [5, 5.41) is 74.6. The van der Waals surface area contributed by atoms with Crippen molar-refractivity contribution in [3.05, 3.63) is 362 Å². The Morgan fingerprint density at radius 2 is 0.876 bits per heavy atom. The van der Waals surface area contributed by atoms with E-state index in [1.165, 1.54) is 18.3 Å². The van der Waals surface area contributed by atoms with Crippen LogP contribution in [0.2, 0.25) is 0 Å². The van der Waals surface area contributed by atoms with Crippen LogP contribution in [-0.2, 0) is 0 Å². The Hall–Kier alpha value is -14.8. The van der Waals surface area contributed by atoms with Crippen LogP contribution in [0, 0.1) is 6.92 Å². The van der Waals surface area contributed by atoms with Crippen LogP contribution in [-0.4, -0.2) is 87.6 Å². The molecule has 0 unspecified atom stereocenters. The van der Waals surface area contributed by atoms with Gasteiger partial charge in [-0.2, -0.15) is 0 Å². The van der Waals surface area contributed by atoms with Crippen LogP contribution in [0.4, 0.5) is 0 Å². The Labute approximate surface area is 600 Å². The molecule has 514 valence electrons. The van der Waals surface area contributed by atoms with Gasteiger partial charge in [-0.25, -0.2) is 24.5 Å². The molecule has 8 aromatic heterocycles. The van der Waals surface area contributed by atoms with Gasteiger partial charge in [0.1, 0.15) is 62.2 Å². The number of phenolic OH excluding ortho intramolecular Hbond substituents is 5. The van der Waals surface area contributed by atoms with Gasteiger partial charge in [0, 0.05) is 80.8 Å². The van der Waals surface area contributed by atoms with Gasteiger partial charge in [0.2, 0.25) is 0 Å². The highest BCUT2D eigenvalue weighted by Gasteiger charge is 2.10. The van der Waals surface area contributed by atoms with Crippen molar-refractivity contribution in [2.24, 2.45) is 0 Å². The normalized spacial score (nSPS) is 10.3. The molecule has 0 aliphatic heterocycles. The number of hydrogen-bond donors (Lipinski definition) is 8. The number of aryl methyl sites for hydroxylation is 1. The zero-order chi connectivity index (χ0) is 73.4. The number of aromatic nitrogens is 8. The summed E-state index contributed by atoms with van der Waals surface area (Å²) in [5.74, 6) is -0.745. The molecule has 0 atom stereocenters. The smallest absolute Gasteiger partial charge is 0.354 e. The van der Waals surface area contributed by atoms with E-state index in [0.29, 0.717) is 27.6 Å². The molecule has 8 N–H and O–H groups in total. The van der Waals surface area contributed by atoms with Gasteiger partial charge in [0.05, 0.1) is 22.1 Å². The number of aromatic carboxylic acids is 2. The molecule has 0 aliphatic carbocycles. The second-order valence-electron chi connectivity index (χ2n) is 23.1. The van der Waals surface area contributed by atoms with Gasteiger partial charge >= 0.3 is 11.9 Å². The molecule has 0 amide bonds. The molecule has 18 rings (SSSR count). The number of nitrogens with one attached hydrogen (secondary N) is 1. The second-order valence-corrected chi connectivity index (χ2v) is 23.1. The van der Waals surface area contributed by atoms with E-state index in [0.717, 1.165) is 87.5 Å². The lowest BCUT2D eigenvalue weighted by molar-refractivity contribution is 0.0680. The van der Waals surface area contributed by atoms with E-state index in [1.54, 1.807) is 97.6 Å². The third-order valence-corrected chi connectivity index (χ3v) is 16.1. The first kappa shape index (κ1) is 71.5. The number of H-pyrrole nitrogens is 1. The van der Waals surface area contributed by atoms with Crippen molar-refractivity contribution < 1.29 is 45.3 Å². The van der Waals surface area contributed by atoms with Gasteiger partial charge in [-0.15, -0.1) is 0 Å². The third kappa shape index (κ3) is 18.4. The standard InChI is InChI=1S/C15H11NO.2C13H9NO.C11H9NO.C10H7NO2.C10H9NO.C9H7NO.C6H5NO2/c17-14-9-8-12(11-5-2-1-3-6-11)13-7-4-10-16-15(13)14;15-11-5-1-3-9-6-7-10-4-2-8-14-13(10)12(9)11;15-13-11-6-2-1-4-9(11)8-10-5-3-7-14-12(10)13;13-11-7-2-1-5-9(11)10-6-3-4-8-12-10;12-10(13)9-6-5-7-3-1-2-4-8(7)11-9;1-7-5-6-8-3-2-4-9(12)10(8)11-7;11-8-5-1-3-7-4-2-6-10-9(7)8;8-6(9)5-3-1-2-4-7-5/h1-10,17H;1-8,14H;1-8,15H;1-8,13H;1-6H,(H,12,13);2-6,12H,1H3;1-6,11H;1-4H,(H,8,9). The van der Waals surface area contributed by atoms with Crippen molar-refractivity contribution >= 4 is 98.9 Å². The molecule has 0 aliphatic rings. The molecule has 0 fully saturated rings. The lowest BCUT2D eigenvalue weighted by Gasteiger charge is -2.07. The summed E-state index contributed by atoms with van der Waals surface area (Å²) in [5.41, 5.74) is 9.21. The number of carbonyl (C=O) groups is 2. The molecular weight excluding hydrogens is 1320 g/mol. The number of nitrogens with zero attached hydrogens (tertiary/aromatic N) is 7. The van der Waals surface area contributed by atoms with Crippen molar-refractivity contribution in [1.82, 2.24) is 39.9 Å². The number of phenols is 5. The van der Waals surface area contributed by atoms with Gasteiger partial charge in [-0.1, -0.05) is 182 Å². The highest BCUT2D eigenvalue weighted by atomic mass is 16.4. The zero-order valence-electron chi connectivity index (χ0n) is 56.2. The number of aromatic amines is 1. The lowest BCUT2D eigenvalue weighted by atomic mass is 10.0. The molecule has 0 saturated heterocycles. The quantitative estimate of drug-likeness (QED) is 0.0600. The van der Waals surface area contributed by atoms with E-state index in [9.17, 15) is 39.9 Å². The molecule has 8 heterocycles. The molecule has 18 heteroatoms. The summed E-state index contributed by atoms with van der Waals surface area (Å²) >= 11 is 0. The number of fused-ring (bicyclic) bond motifs is 9. The maximum atomic E-state index is 11.8.